The summed E-state index contributed by atoms with van der Waals surface area (Å²) in [5, 5.41) is 0.729. The molecule has 0 saturated carbocycles. The van der Waals surface area contributed by atoms with Crippen LogP contribution < -0.4 is 0 Å². The number of hydrogen-bond acceptors (Lipinski definition) is 1. The first-order chi connectivity index (χ1) is 8.25. The fourth-order valence-corrected chi connectivity index (χ4v) is 2.24. The Morgan fingerprint density at radius 2 is 1.94 bits per heavy atom. The number of hydrogen-bond donors (Lipinski definition) is 0. The van der Waals surface area contributed by atoms with Crippen molar-refractivity contribution in [1.29, 1.82) is 0 Å². The smallest absolute Gasteiger partial charge is 0.144 e. The molecule has 0 saturated heterocycles. The molecule has 0 radical (unpaired) electrons. The summed E-state index contributed by atoms with van der Waals surface area (Å²) in [5.74, 6) is 0.931. The number of halogens is 1. The molecule has 2 heterocycles. The fourth-order valence-electron chi connectivity index (χ4n) is 2.04. The molecule has 0 unspecified atom stereocenters. The van der Waals surface area contributed by atoms with E-state index in [0.717, 1.165) is 27.6 Å². The van der Waals surface area contributed by atoms with Gasteiger partial charge in [-0.15, -0.1) is 0 Å². The zero-order chi connectivity index (χ0) is 11.8. The van der Waals surface area contributed by atoms with Crippen molar-refractivity contribution in [2.24, 2.45) is 0 Å². The molecule has 84 valence electrons. The molecule has 0 atom stereocenters. The Bertz CT molecular complexity index is 686. The first-order valence-corrected chi connectivity index (χ1v) is 5.82. The first-order valence-electron chi connectivity index (χ1n) is 5.45. The third-order valence-electron chi connectivity index (χ3n) is 2.83. The van der Waals surface area contributed by atoms with Crippen LogP contribution >= 0.6 is 11.6 Å². The highest BCUT2D eigenvalue weighted by molar-refractivity contribution is 6.30. The van der Waals surface area contributed by atoms with E-state index in [9.17, 15) is 0 Å². The predicted molar refractivity (Wildman–Crippen MR) is 70.4 cm³/mol. The second kappa shape index (κ2) is 3.90. The third-order valence-corrected chi connectivity index (χ3v) is 3.06. The predicted octanol–water partition coefficient (Wildman–Crippen LogP) is 3.96. The zero-order valence-electron chi connectivity index (χ0n) is 9.39. The normalized spacial score (nSPS) is 10.9. The van der Waals surface area contributed by atoms with Crippen molar-refractivity contribution in [3.05, 3.63) is 59.4 Å². The number of rotatable bonds is 1. The van der Waals surface area contributed by atoms with Gasteiger partial charge in [0.2, 0.25) is 0 Å². The Balaban J connectivity index is 2.31. The molecule has 1 aromatic carbocycles. The number of pyridine rings is 1. The first kappa shape index (κ1) is 10.4. The Morgan fingerprint density at radius 3 is 2.76 bits per heavy atom. The van der Waals surface area contributed by atoms with Crippen molar-refractivity contribution < 1.29 is 0 Å². The van der Waals surface area contributed by atoms with Gasteiger partial charge in [0, 0.05) is 16.3 Å². The lowest BCUT2D eigenvalue weighted by Gasteiger charge is -2.05. The fraction of sp³-hybridized carbons (Fsp3) is 0.0714. The number of aromatic nitrogens is 2. The lowest BCUT2D eigenvalue weighted by Crippen LogP contribution is -1.93. The van der Waals surface area contributed by atoms with Gasteiger partial charge >= 0.3 is 0 Å². The van der Waals surface area contributed by atoms with Gasteiger partial charge in [0.15, 0.2) is 0 Å². The van der Waals surface area contributed by atoms with Gasteiger partial charge in [0.05, 0.1) is 11.7 Å². The minimum absolute atomic E-state index is 0.729. The van der Waals surface area contributed by atoms with E-state index in [1.54, 1.807) is 0 Å². The molecule has 0 aliphatic carbocycles. The minimum atomic E-state index is 0.729. The van der Waals surface area contributed by atoms with E-state index in [-0.39, 0.29) is 0 Å². The summed E-state index contributed by atoms with van der Waals surface area (Å²) in [6.45, 7) is 2.07. The molecule has 3 rings (SSSR count). The van der Waals surface area contributed by atoms with Gasteiger partial charge in [-0.3, -0.25) is 4.40 Å². The van der Waals surface area contributed by atoms with Crippen molar-refractivity contribution in [3.8, 4) is 11.4 Å². The van der Waals surface area contributed by atoms with Gasteiger partial charge < -0.3 is 0 Å². The quantitative estimate of drug-likeness (QED) is 0.631. The van der Waals surface area contributed by atoms with Gasteiger partial charge in [-0.2, -0.15) is 0 Å². The molecule has 2 aromatic heterocycles. The number of nitrogens with zero attached hydrogens (tertiary/aromatic N) is 2. The number of imidazole rings is 1. The minimum Gasteiger partial charge on any atom is -0.297 e. The van der Waals surface area contributed by atoms with Crippen LogP contribution in [0.4, 0.5) is 0 Å². The maximum atomic E-state index is 6.02. The van der Waals surface area contributed by atoms with Gasteiger partial charge in [0.25, 0.3) is 0 Å². The maximum Gasteiger partial charge on any atom is 0.144 e. The number of benzene rings is 1. The molecule has 3 heteroatoms. The maximum absolute atomic E-state index is 6.02. The van der Waals surface area contributed by atoms with Gasteiger partial charge in [-0.25, -0.2) is 4.98 Å². The standard InChI is InChI=1S/C14H11ClN2/c1-10-4-2-7-13-9-16-14(17(10)13)11-5-3-6-12(15)8-11/h2-9H,1H3. The highest BCUT2D eigenvalue weighted by atomic mass is 35.5. The molecule has 2 nitrogen and oxygen atoms in total. The van der Waals surface area contributed by atoms with Crippen molar-refractivity contribution in [1.82, 2.24) is 9.38 Å². The average molecular weight is 243 g/mol. The van der Waals surface area contributed by atoms with Crippen LogP contribution in [0.3, 0.4) is 0 Å². The summed E-state index contributed by atoms with van der Waals surface area (Å²) >= 11 is 6.02. The molecule has 0 amide bonds. The van der Waals surface area contributed by atoms with E-state index < -0.39 is 0 Å². The molecule has 0 aliphatic heterocycles. The van der Waals surface area contributed by atoms with E-state index in [1.165, 1.54) is 0 Å². The number of fused-ring (bicyclic) bond motifs is 1. The van der Waals surface area contributed by atoms with E-state index in [0.29, 0.717) is 0 Å². The summed E-state index contributed by atoms with van der Waals surface area (Å²) in [4.78, 5) is 4.47. The monoisotopic (exact) mass is 242 g/mol. The summed E-state index contributed by atoms with van der Waals surface area (Å²) in [6.07, 6.45) is 1.88. The lowest BCUT2D eigenvalue weighted by molar-refractivity contribution is 1.08. The third kappa shape index (κ3) is 1.71. The molecular weight excluding hydrogens is 232 g/mol. The van der Waals surface area contributed by atoms with E-state index >= 15 is 0 Å². The van der Waals surface area contributed by atoms with Crippen molar-refractivity contribution in [2.45, 2.75) is 6.92 Å². The molecule has 0 N–H and O–H groups in total. The molecule has 0 bridgehead atoms. The Morgan fingerprint density at radius 1 is 1.12 bits per heavy atom. The molecule has 0 aliphatic rings. The van der Waals surface area contributed by atoms with Gasteiger partial charge in [-0.1, -0.05) is 29.8 Å². The van der Waals surface area contributed by atoms with Gasteiger partial charge in [0.1, 0.15) is 5.82 Å². The topological polar surface area (TPSA) is 17.3 Å². The highest BCUT2D eigenvalue weighted by Gasteiger charge is 2.07. The summed E-state index contributed by atoms with van der Waals surface area (Å²) in [5.41, 5.74) is 3.29. The van der Waals surface area contributed by atoms with Crippen LogP contribution in [0.5, 0.6) is 0 Å². The van der Waals surface area contributed by atoms with E-state index in [2.05, 4.69) is 22.4 Å². The van der Waals surface area contributed by atoms with E-state index in [1.807, 2.05) is 42.6 Å². The molecule has 3 aromatic rings. The Kier molecular flexibility index (Phi) is 2.37. The van der Waals surface area contributed by atoms with E-state index in [4.69, 9.17) is 11.6 Å². The molecule has 17 heavy (non-hydrogen) atoms. The molecule has 0 spiro atoms. The van der Waals surface area contributed by atoms with Crippen LogP contribution in [0.1, 0.15) is 5.69 Å². The van der Waals surface area contributed by atoms with Crippen LogP contribution in [-0.4, -0.2) is 9.38 Å². The zero-order valence-corrected chi connectivity index (χ0v) is 10.1. The summed E-state index contributed by atoms with van der Waals surface area (Å²) in [6, 6.07) is 13.9. The van der Waals surface area contributed by atoms with Crippen LogP contribution in [-0.2, 0) is 0 Å². The highest BCUT2D eigenvalue weighted by Crippen LogP contribution is 2.23. The SMILES string of the molecule is Cc1cccc2cnc(-c3cccc(Cl)c3)n12. The largest absolute Gasteiger partial charge is 0.297 e. The van der Waals surface area contributed by atoms with Crippen LogP contribution in [0.2, 0.25) is 5.02 Å². The lowest BCUT2D eigenvalue weighted by atomic mass is 10.2. The van der Waals surface area contributed by atoms with Crippen LogP contribution in [0, 0.1) is 6.92 Å². The van der Waals surface area contributed by atoms with Crippen molar-refractivity contribution >= 4 is 17.1 Å². The molecule has 0 fully saturated rings. The van der Waals surface area contributed by atoms with Crippen molar-refractivity contribution in [3.63, 3.8) is 0 Å². The summed E-state index contributed by atoms with van der Waals surface area (Å²) < 4.78 is 2.13. The second-order valence-electron chi connectivity index (χ2n) is 4.02. The second-order valence-corrected chi connectivity index (χ2v) is 4.46. The number of aryl methyl sites for hydroxylation is 1. The van der Waals surface area contributed by atoms with Crippen LogP contribution in [0.15, 0.2) is 48.7 Å². The molecular formula is C14H11ClN2. The van der Waals surface area contributed by atoms with Gasteiger partial charge in [-0.05, 0) is 31.2 Å². The van der Waals surface area contributed by atoms with Crippen molar-refractivity contribution in [2.75, 3.05) is 0 Å². The average Bonchev–Trinajstić information content (AvgIpc) is 2.74. The van der Waals surface area contributed by atoms with Crippen LogP contribution in [0.25, 0.3) is 16.9 Å². The Labute approximate surface area is 104 Å². The summed E-state index contributed by atoms with van der Waals surface area (Å²) in [7, 11) is 0. The Hall–Kier alpha value is -1.80.